The van der Waals surface area contributed by atoms with Gasteiger partial charge in [-0.05, 0) is 43.3 Å². The van der Waals surface area contributed by atoms with Crippen LogP contribution in [0, 0.1) is 6.92 Å². The molecule has 0 saturated heterocycles. The van der Waals surface area contributed by atoms with Gasteiger partial charge in [0.15, 0.2) is 6.61 Å². The molecule has 0 aliphatic rings. The molecule has 0 aromatic heterocycles. The third kappa shape index (κ3) is 4.99. The molecular formula is C17H20N2O4S. The standard InChI is InChI=1S/C17H20N2O4S/c1-13-4-10-16(11-5-13)23-12-17(20)18-14-6-8-15(9-7-14)19(2)24(3,21)22/h4-11H,12H2,1-3H3,(H,18,20). The first kappa shape index (κ1) is 17.8. The molecule has 2 aromatic carbocycles. The van der Waals surface area contributed by atoms with Gasteiger partial charge in [0.2, 0.25) is 10.0 Å². The first-order chi connectivity index (χ1) is 11.3. The zero-order valence-electron chi connectivity index (χ0n) is 13.8. The van der Waals surface area contributed by atoms with E-state index in [0.29, 0.717) is 17.1 Å². The molecule has 0 fully saturated rings. The van der Waals surface area contributed by atoms with Gasteiger partial charge >= 0.3 is 0 Å². The molecule has 0 radical (unpaired) electrons. The van der Waals surface area contributed by atoms with Crippen LogP contribution in [-0.2, 0) is 14.8 Å². The van der Waals surface area contributed by atoms with Crippen molar-refractivity contribution < 1.29 is 17.9 Å². The number of aryl methyl sites for hydroxylation is 1. The summed E-state index contributed by atoms with van der Waals surface area (Å²) in [5.41, 5.74) is 2.20. The van der Waals surface area contributed by atoms with E-state index in [1.165, 1.54) is 11.4 Å². The minimum Gasteiger partial charge on any atom is -0.484 e. The maximum Gasteiger partial charge on any atom is 0.262 e. The van der Waals surface area contributed by atoms with Crippen LogP contribution in [0.5, 0.6) is 5.75 Å². The third-order valence-corrected chi connectivity index (χ3v) is 4.61. The van der Waals surface area contributed by atoms with Crippen molar-refractivity contribution in [1.82, 2.24) is 0 Å². The van der Waals surface area contributed by atoms with E-state index >= 15 is 0 Å². The Balaban J connectivity index is 1.91. The predicted molar refractivity (Wildman–Crippen MR) is 95.0 cm³/mol. The van der Waals surface area contributed by atoms with Crippen LogP contribution in [0.15, 0.2) is 48.5 Å². The summed E-state index contributed by atoms with van der Waals surface area (Å²) in [7, 11) is -1.84. The second-order valence-corrected chi connectivity index (χ2v) is 7.44. The number of benzene rings is 2. The highest BCUT2D eigenvalue weighted by atomic mass is 32.2. The molecule has 2 rings (SSSR count). The Hall–Kier alpha value is -2.54. The predicted octanol–water partition coefficient (Wildman–Crippen LogP) is 2.41. The Labute approximate surface area is 142 Å². The number of hydrogen-bond donors (Lipinski definition) is 1. The lowest BCUT2D eigenvalue weighted by Gasteiger charge is -2.16. The van der Waals surface area contributed by atoms with Gasteiger partial charge in [-0.15, -0.1) is 0 Å². The Morgan fingerprint density at radius 2 is 1.67 bits per heavy atom. The number of carbonyl (C=O) groups is 1. The molecule has 128 valence electrons. The lowest BCUT2D eigenvalue weighted by molar-refractivity contribution is -0.118. The summed E-state index contributed by atoms with van der Waals surface area (Å²) in [4.78, 5) is 11.9. The fraction of sp³-hybridized carbons (Fsp3) is 0.235. The van der Waals surface area contributed by atoms with Crippen LogP contribution in [-0.4, -0.2) is 34.2 Å². The fourth-order valence-corrected chi connectivity index (χ4v) is 2.43. The number of carbonyl (C=O) groups excluding carboxylic acids is 1. The summed E-state index contributed by atoms with van der Waals surface area (Å²) < 4.78 is 29.5. The largest absolute Gasteiger partial charge is 0.484 e. The van der Waals surface area contributed by atoms with Crippen molar-refractivity contribution >= 4 is 27.3 Å². The van der Waals surface area contributed by atoms with E-state index in [2.05, 4.69) is 5.32 Å². The van der Waals surface area contributed by atoms with Gasteiger partial charge in [-0.2, -0.15) is 0 Å². The molecule has 24 heavy (non-hydrogen) atoms. The number of hydrogen-bond acceptors (Lipinski definition) is 4. The topological polar surface area (TPSA) is 75.7 Å². The summed E-state index contributed by atoms with van der Waals surface area (Å²) in [6.07, 6.45) is 1.13. The SMILES string of the molecule is Cc1ccc(OCC(=O)Nc2ccc(N(C)S(C)(=O)=O)cc2)cc1. The molecule has 0 bridgehead atoms. The van der Waals surface area contributed by atoms with Crippen LogP contribution in [0.4, 0.5) is 11.4 Å². The Bertz CT molecular complexity index is 799. The lowest BCUT2D eigenvalue weighted by atomic mass is 10.2. The summed E-state index contributed by atoms with van der Waals surface area (Å²) in [5.74, 6) is 0.334. The van der Waals surface area contributed by atoms with Gasteiger partial charge in [-0.25, -0.2) is 8.42 Å². The number of amides is 1. The molecule has 0 atom stereocenters. The van der Waals surface area contributed by atoms with Crippen LogP contribution < -0.4 is 14.4 Å². The highest BCUT2D eigenvalue weighted by molar-refractivity contribution is 7.92. The van der Waals surface area contributed by atoms with Gasteiger partial charge in [0.25, 0.3) is 5.91 Å². The maximum absolute atomic E-state index is 11.9. The van der Waals surface area contributed by atoms with Crippen molar-refractivity contribution in [2.45, 2.75) is 6.92 Å². The van der Waals surface area contributed by atoms with E-state index in [1.54, 1.807) is 36.4 Å². The van der Waals surface area contributed by atoms with E-state index in [-0.39, 0.29) is 12.5 Å². The Kier molecular flexibility index (Phi) is 5.46. The molecule has 7 heteroatoms. The van der Waals surface area contributed by atoms with Crippen LogP contribution >= 0.6 is 0 Å². The van der Waals surface area contributed by atoms with Crippen LogP contribution in [0.1, 0.15) is 5.56 Å². The maximum atomic E-state index is 11.9. The highest BCUT2D eigenvalue weighted by Crippen LogP contribution is 2.19. The second kappa shape index (κ2) is 7.35. The van der Waals surface area contributed by atoms with Crippen molar-refractivity contribution in [3.63, 3.8) is 0 Å². The molecule has 1 amide bonds. The molecule has 2 aromatic rings. The van der Waals surface area contributed by atoms with E-state index in [4.69, 9.17) is 4.74 Å². The number of anilines is 2. The van der Waals surface area contributed by atoms with Gasteiger partial charge in [0.1, 0.15) is 5.75 Å². The fourth-order valence-electron chi connectivity index (χ4n) is 1.93. The zero-order chi connectivity index (χ0) is 17.7. The summed E-state index contributed by atoms with van der Waals surface area (Å²) in [6, 6.07) is 13.9. The molecule has 0 heterocycles. The smallest absolute Gasteiger partial charge is 0.262 e. The van der Waals surface area contributed by atoms with E-state index < -0.39 is 10.0 Å². The molecule has 0 spiro atoms. The molecule has 6 nitrogen and oxygen atoms in total. The number of ether oxygens (including phenoxy) is 1. The molecular weight excluding hydrogens is 328 g/mol. The molecule has 0 aliphatic heterocycles. The highest BCUT2D eigenvalue weighted by Gasteiger charge is 2.11. The Morgan fingerprint density at radius 1 is 1.08 bits per heavy atom. The Morgan fingerprint density at radius 3 is 2.21 bits per heavy atom. The van der Waals surface area contributed by atoms with Gasteiger partial charge in [0, 0.05) is 12.7 Å². The summed E-state index contributed by atoms with van der Waals surface area (Å²) in [6.45, 7) is 1.87. The van der Waals surface area contributed by atoms with Gasteiger partial charge in [-0.3, -0.25) is 9.10 Å². The normalized spacial score (nSPS) is 11.0. The lowest BCUT2D eigenvalue weighted by Crippen LogP contribution is -2.24. The molecule has 1 N–H and O–H groups in total. The minimum atomic E-state index is -3.31. The van der Waals surface area contributed by atoms with E-state index in [9.17, 15) is 13.2 Å². The van der Waals surface area contributed by atoms with Crippen LogP contribution in [0.2, 0.25) is 0 Å². The van der Waals surface area contributed by atoms with Crippen molar-refractivity contribution in [2.75, 3.05) is 29.5 Å². The monoisotopic (exact) mass is 348 g/mol. The van der Waals surface area contributed by atoms with Crippen molar-refractivity contribution in [3.05, 3.63) is 54.1 Å². The van der Waals surface area contributed by atoms with Crippen LogP contribution in [0.3, 0.4) is 0 Å². The number of nitrogens with one attached hydrogen (secondary N) is 1. The minimum absolute atomic E-state index is 0.103. The number of sulfonamides is 1. The molecule has 0 unspecified atom stereocenters. The zero-order valence-corrected chi connectivity index (χ0v) is 14.6. The van der Waals surface area contributed by atoms with Crippen molar-refractivity contribution in [3.8, 4) is 5.75 Å². The van der Waals surface area contributed by atoms with E-state index in [0.717, 1.165) is 11.8 Å². The second-order valence-electron chi connectivity index (χ2n) is 5.43. The van der Waals surface area contributed by atoms with Gasteiger partial charge < -0.3 is 10.1 Å². The van der Waals surface area contributed by atoms with Crippen LogP contribution in [0.25, 0.3) is 0 Å². The first-order valence-corrected chi connectivity index (χ1v) is 9.14. The number of rotatable bonds is 6. The van der Waals surface area contributed by atoms with E-state index in [1.807, 2.05) is 19.1 Å². The van der Waals surface area contributed by atoms with Crippen molar-refractivity contribution in [1.29, 1.82) is 0 Å². The summed E-state index contributed by atoms with van der Waals surface area (Å²) >= 11 is 0. The molecule has 0 aliphatic carbocycles. The first-order valence-electron chi connectivity index (χ1n) is 7.29. The average Bonchev–Trinajstić information content (AvgIpc) is 2.53. The summed E-state index contributed by atoms with van der Waals surface area (Å²) in [5, 5.41) is 2.70. The van der Waals surface area contributed by atoms with Gasteiger partial charge in [0.05, 0.1) is 11.9 Å². The number of nitrogens with zero attached hydrogens (tertiary/aromatic N) is 1. The average molecular weight is 348 g/mol. The quantitative estimate of drug-likeness (QED) is 0.870. The third-order valence-electron chi connectivity index (χ3n) is 3.40. The molecule has 0 saturated carbocycles. The van der Waals surface area contributed by atoms with Gasteiger partial charge in [-0.1, -0.05) is 17.7 Å². The van der Waals surface area contributed by atoms with Crippen molar-refractivity contribution in [2.24, 2.45) is 0 Å².